The molecule has 0 heterocycles. The molecule has 5 heteroatoms. The van der Waals surface area contributed by atoms with E-state index in [-0.39, 0.29) is 0 Å². The summed E-state index contributed by atoms with van der Waals surface area (Å²) < 4.78 is 0. The van der Waals surface area contributed by atoms with Crippen LogP contribution in [0.1, 0.15) is 16.8 Å². The molecule has 0 spiro atoms. The smallest absolute Gasteiger partial charge is 0.250 e. The number of nitrogen functional groups attached to an aromatic ring is 1. The van der Waals surface area contributed by atoms with Crippen molar-refractivity contribution in [2.75, 3.05) is 37.8 Å². The van der Waals surface area contributed by atoms with Crippen molar-refractivity contribution >= 4 is 17.3 Å². The summed E-state index contributed by atoms with van der Waals surface area (Å²) in [4.78, 5) is 13.3. The van der Waals surface area contributed by atoms with Crippen LogP contribution in [0.5, 0.6) is 0 Å². The Hall–Kier alpha value is -1.75. The van der Waals surface area contributed by atoms with Crippen LogP contribution >= 0.6 is 0 Å². The fraction of sp³-hybridized carbons (Fsp3) is 0.417. The van der Waals surface area contributed by atoms with E-state index in [1.165, 1.54) is 0 Å². The molecule has 1 rings (SSSR count). The molecular formula is C12H20N4O. The van der Waals surface area contributed by atoms with E-state index in [2.05, 4.69) is 5.32 Å². The molecule has 0 unspecified atom stereocenters. The number of nitrogens with one attached hydrogen (secondary N) is 1. The predicted octanol–water partition coefficient (Wildman–Crippen LogP) is 0.413. The first kappa shape index (κ1) is 13.3. The number of hydrogen-bond acceptors (Lipinski definition) is 4. The van der Waals surface area contributed by atoms with Gasteiger partial charge in [-0.3, -0.25) is 4.79 Å². The third-order valence-electron chi connectivity index (χ3n) is 2.62. The van der Waals surface area contributed by atoms with Crippen molar-refractivity contribution < 1.29 is 4.79 Å². The average molecular weight is 236 g/mol. The summed E-state index contributed by atoms with van der Waals surface area (Å²) >= 11 is 0. The lowest BCUT2D eigenvalue weighted by molar-refractivity contribution is 0.100. The van der Waals surface area contributed by atoms with Crippen molar-refractivity contribution in [1.82, 2.24) is 5.32 Å². The minimum Gasteiger partial charge on any atom is -0.399 e. The maximum absolute atomic E-state index is 11.3. The average Bonchev–Trinajstić information content (AvgIpc) is 2.28. The number of hydrogen-bond donors (Lipinski definition) is 3. The van der Waals surface area contributed by atoms with Gasteiger partial charge in [-0.05, 0) is 38.2 Å². The van der Waals surface area contributed by atoms with Gasteiger partial charge in [0.15, 0.2) is 0 Å². The molecule has 5 nitrogen and oxygen atoms in total. The zero-order valence-electron chi connectivity index (χ0n) is 10.4. The molecule has 94 valence electrons. The molecular weight excluding hydrogens is 216 g/mol. The molecule has 0 radical (unpaired) electrons. The lowest BCUT2D eigenvalue weighted by Gasteiger charge is -2.21. The minimum absolute atomic E-state index is 0.430. The lowest BCUT2D eigenvalue weighted by atomic mass is 10.1. The highest BCUT2D eigenvalue weighted by Crippen LogP contribution is 2.22. The van der Waals surface area contributed by atoms with Gasteiger partial charge in [0.25, 0.3) is 5.91 Å². The van der Waals surface area contributed by atoms with Gasteiger partial charge in [0.1, 0.15) is 0 Å². The second kappa shape index (κ2) is 6.10. The fourth-order valence-corrected chi connectivity index (χ4v) is 1.69. The van der Waals surface area contributed by atoms with Crippen LogP contribution in [0.4, 0.5) is 11.4 Å². The minimum atomic E-state index is -0.430. The van der Waals surface area contributed by atoms with Crippen molar-refractivity contribution in [2.24, 2.45) is 5.73 Å². The quantitative estimate of drug-likeness (QED) is 0.493. The van der Waals surface area contributed by atoms with Crippen LogP contribution in [0.3, 0.4) is 0 Å². The highest BCUT2D eigenvalue weighted by molar-refractivity contribution is 5.99. The Morgan fingerprint density at radius 1 is 1.47 bits per heavy atom. The van der Waals surface area contributed by atoms with Gasteiger partial charge in [0.05, 0.1) is 11.3 Å². The van der Waals surface area contributed by atoms with Gasteiger partial charge >= 0.3 is 0 Å². The standard InChI is InChI=1S/C12H20N4O/c1-15-6-3-7-16(2)11-8-9(13)4-5-10(11)12(14)17/h4-5,8,15H,3,6-7,13H2,1-2H3,(H2,14,17). The number of rotatable bonds is 6. The summed E-state index contributed by atoms with van der Waals surface area (Å²) in [7, 11) is 3.84. The van der Waals surface area contributed by atoms with Crippen LogP contribution in [-0.2, 0) is 0 Å². The van der Waals surface area contributed by atoms with E-state index in [9.17, 15) is 4.79 Å². The number of carbonyl (C=O) groups excluding carboxylic acids is 1. The first-order valence-electron chi connectivity index (χ1n) is 5.61. The maximum Gasteiger partial charge on any atom is 0.250 e. The van der Waals surface area contributed by atoms with Crippen molar-refractivity contribution in [3.05, 3.63) is 23.8 Å². The molecule has 1 aromatic carbocycles. The SMILES string of the molecule is CNCCCN(C)c1cc(N)ccc1C(N)=O. The first-order chi connectivity index (χ1) is 8.06. The van der Waals surface area contributed by atoms with Gasteiger partial charge in [-0.15, -0.1) is 0 Å². The van der Waals surface area contributed by atoms with Crippen molar-refractivity contribution in [1.29, 1.82) is 0 Å². The maximum atomic E-state index is 11.3. The van der Waals surface area contributed by atoms with Crippen molar-refractivity contribution in [3.8, 4) is 0 Å². The van der Waals surface area contributed by atoms with Gasteiger partial charge < -0.3 is 21.7 Å². The molecule has 1 amide bonds. The Balaban J connectivity index is 2.86. The number of primary amides is 1. The molecule has 5 N–H and O–H groups in total. The molecule has 0 aliphatic rings. The van der Waals surface area contributed by atoms with Gasteiger partial charge in [-0.1, -0.05) is 0 Å². The number of benzene rings is 1. The van der Waals surface area contributed by atoms with E-state index in [0.717, 1.165) is 25.2 Å². The summed E-state index contributed by atoms with van der Waals surface area (Å²) in [5, 5.41) is 3.08. The Kier molecular flexibility index (Phi) is 4.78. The molecule has 0 atom stereocenters. The van der Waals surface area contributed by atoms with E-state index in [1.807, 2.05) is 19.0 Å². The van der Waals surface area contributed by atoms with E-state index in [1.54, 1.807) is 18.2 Å². The van der Waals surface area contributed by atoms with E-state index in [4.69, 9.17) is 11.5 Å². The van der Waals surface area contributed by atoms with E-state index >= 15 is 0 Å². The van der Waals surface area contributed by atoms with Gasteiger partial charge in [0.2, 0.25) is 0 Å². The second-order valence-corrected chi connectivity index (χ2v) is 4.02. The molecule has 0 saturated heterocycles. The summed E-state index contributed by atoms with van der Waals surface area (Å²) in [6.45, 7) is 1.77. The molecule has 0 bridgehead atoms. The largest absolute Gasteiger partial charge is 0.399 e. The highest BCUT2D eigenvalue weighted by atomic mass is 16.1. The fourth-order valence-electron chi connectivity index (χ4n) is 1.69. The Morgan fingerprint density at radius 2 is 2.18 bits per heavy atom. The highest BCUT2D eigenvalue weighted by Gasteiger charge is 2.11. The second-order valence-electron chi connectivity index (χ2n) is 4.02. The summed E-state index contributed by atoms with van der Waals surface area (Å²) in [6, 6.07) is 5.13. The molecule has 1 aromatic rings. The summed E-state index contributed by atoms with van der Waals surface area (Å²) in [5.41, 5.74) is 13.0. The molecule has 0 aliphatic heterocycles. The Morgan fingerprint density at radius 3 is 2.76 bits per heavy atom. The number of carbonyl (C=O) groups is 1. The molecule has 0 aromatic heterocycles. The number of nitrogens with two attached hydrogens (primary N) is 2. The van der Waals surface area contributed by atoms with Crippen LogP contribution in [0.2, 0.25) is 0 Å². The van der Waals surface area contributed by atoms with Crippen LogP contribution in [0, 0.1) is 0 Å². The van der Waals surface area contributed by atoms with Crippen molar-refractivity contribution in [2.45, 2.75) is 6.42 Å². The molecule has 17 heavy (non-hydrogen) atoms. The topological polar surface area (TPSA) is 84.4 Å². The lowest BCUT2D eigenvalue weighted by Crippen LogP contribution is -2.25. The van der Waals surface area contributed by atoms with Crippen molar-refractivity contribution in [3.63, 3.8) is 0 Å². The summed E-state index contributed by atoms with van der Waals surface area (Å²) in [6.07, 6.45) is 0.986. The van der Waals surface area contributed by atoms with Crippen LogP contribution < -0.4 is 21.7 Å². The number of anilines is 2. The van der Waals surface area contributed by atoms with Gasteiger partial charge in [-0.2, -0.15) is 0 Å². The van der Waals surface area contributed by atoms with Crippen LogP contribution in [-0.4, -0.2) is 33.1 Å². The Labute approximate surface area is 102 Å². The normalized spacial score (nSPS) is 10.2. The van der Waals surface area contributed by atoms with Gasteiger partial charge in [0, 0.05) is 19.3 Å². The number of amides is 1. The van der Waals surface area contributed by atoms with Crippen LogP contribution in [0.15, 0.2) is 18.2 Å². The zero-order chi connectivity index (χ0) is 12.8. The molecule has 0 fully saturated rings. The van der Waals surface area contributed by atoms with Crippen LogP contribution in [0.25, 0.3) is 0 Å². The summed E-state index contributed by atoms with van der Waals surface area (Å²) in [5.74, 6) is -0.430. The first-order valence-corrected chi connectivity index (χ1v) is 5.61. The number of nitrogens with zero attached hydrogens (tertiary/aromatic N) is 1. The predicted molar refractivity (Wildman–Crippen MR) is 71.2 cm³/mol. The molecule has 0 aliphatic carbocycles. The monoisotopic (exact) mass is 236 g/mol. The third kappa shape index (κ3) is 3.64. The van der Waals surface area contributed by atoms with E-state index in [0.29, 0.717) is 11.3 Å². The van der Waals surface area contributed by atoms with Gasteiger partial charge in [-0.25, -0.2) is 0 Å². The van der Waals surface area contributed by atoms with E-state index < -0.39 is 5.91 Å². The molecule has 0 saturated carbocycles. The Bertz CT molecular complexity index is 392. The third-order valence-corrected chi connectivity index (χ3v) is 2.62. The zero-order valence-corrected chi connectivity index (χ0v) is 10.4.